The number of carbonyl (C=O) groups excluding carboxylic acids is 1. The van der Waals surface area contributed by atoms with Crippen LogP contribution in [-0.4, -0.2) is 15.7 Å². The van der Waals surface area contributed by atoms with E-state index in [1.54, 1.807) is 0 Å². The van der Waals surface area contributed by atoms with Crippen molar-refractivity contribution in [3.8, 4) is 0 Å². The number of amides is 1. The molecule has 1 amide bonds. The molecule has 0 bridgehead atoms. The molecule has 0 spiro atoms. The van der Waals surface area contributed by atoms with Gasteiger partial charge in [0.15, 0.2) is 0 Å². The van der Waals surface area contributed by atoms with Crippen molar-refractivity contribution >= 4 is 17.3 Å². The molecule has 0 unspecified atom stereocenters. The molecule has 0 atom stereocenters. The zero-order valence-electron chi connectivity index (χ0n) is 12.8. The fraction of sp³-hybridized carbons (Fsp3) is 0.375. The Labute approximate surface area is 125 Å². The van der Waals surface area contributed by atoms with E-state index >= 15 is 0 Å². The van der Waals surface area contributed by atoms with E-state index in [0.717, 1.165) is 35.6 Å². The average Bonchev–Trinajstić information content (AvgIpc) is 2.87. The lowest BCUT2D eigenvalue weighted by molar-refractivity contribution is -0.114. The molecule has 2 aromatic rings. The summed E-state index contributed by atoms with van der Waals surface area (Å²) in [5, 5.41) is 10.5. The van der Waals surface area contributed by atoms with Crippen LogP contribution in [0.15, 0.2) is 30.5 Å². The highest BCUT2D eigenvalue weighted by atomic mass is 16.1. The predicted octanol–water partition coefficient (Wildman–Crippen LogP) is 3.17. The van der Waals surface area contributed by atoms with Gasteiger partial charge in [0, 0.05) is 31.0 Å². The monoisotopic (exact) mass is 286 g/mol. The highest BCUT2D eigenvalue weighted by Gasteiger charge is 2.05. The maximum atomic E-state index is 11.1. The van der Waals surface area contributed by atoms with Gasteiger partial charge in [-0.25, -0.2) is 0 Å². The smallest absolute Gasteiger partial charge is 0.221 e. The molecule has 1 aromatic carbocycles. The quantitative estimate of drug-likeness (QED) is 0.857. The van der Waals surface area contributed by atoms with Crippen molar-refractivity contribution in [2.24, 2.45) is 0 Å². The Morgan fingerprint density at radius 3 is 2.86 bits per heavy atom. The van der Waals surface area contributed by atoms with Gasteiger partial charge in [-0.1, -0.05) is 13.0 Å². The van der Waals surface area contributed by atoms with Crippen molar-refractivity contribution in [3.63, 3.8) is 0 Å². The van der Waals surface area contributed by atoms with Gasteiger partial charge in [-0.3, -0.25) is 9.48 Å². The SMILES string of the molecule is CCCn1nccc1CNc1cc(NC(C)=O)ccc1C. The van der Waals surface area contributed by atoms with Crippen LogP contribution in [0.1, 0.15) is 31.5 Å². The molecule has 21 heavy (non-hydrogen) atoms. The summed E-state index contributed by atoms with van der Waals surface area (Å²) in [6, 6.07) is 7.88. The summed E-state index contributed by atoms with van der Waals surface area (Å²) < 4.78 is 2.01. The van der Waals surface area contributed by atoms with Crippen LogP contribution in [0.25, 0.3) is 0 Å². The van der Waals surface area contributed by atoms with Crippen molar-refractivity contribution in [2.45, 2.75) is 40.3 Å². The highest BCUT2D eigenvalue weighted by molar-refractivity contribution is 5.89. The largest absolute Gasteiger partial charge is 0.379 e. The second-order valence-electron chi connectivity index (χ2n) is 5.11. The number of nitrogens with one attached hydrogen (secondary N) is 2. The molecule has 112 valence electrons. The zero-order chi connectivity index (χ0) is 15.2. The Bertz CT molecular complexity index is 618. The minimum atomic E-state index is -0.0641. The molecule has 2 N–H and O–H groups in total. The maximum absolute atomic E-state index is 11.1. The van der Waals surface area contributed by atoms with Crippen LogP contribution >= 0.6 is 0 Å². The van der Waals surface area contributed by atoms with E-state index in [4.69, 9.17) is 0 Å². The van der Waals surface area contributed by atoms with Gasteiger partial charge in [0.2, 0.25) is 5.91 Å². The van der Waals surface area contributed by atoms with Crippen molar-refractivity contribution < 1.29 is 4.79 Å². The van der Waals surface area contributed by atoms with Gasteiger partial charge < -0.3 is 10.6 Å². The Hall–Kier alpha value is -2.30. The summed E-state index contributed by atoms with van der Waals surface area (Å²) in [6.07, 6.45) is 2.89. The van der Waals surface area contributed by atoms with Crippen molar-refractivity contribution in [1.82, 2.24) is 9.78 Å². The van der Waals surface area contributed by atoms with E-state index < -0.39 is 0 Å². The second-order valence-corrected chi connectivity index (χ2v) is 5.11. The van der Waals surface area contributed by atoms with Crippen LogP contribution < -0.4 is 10.6 Å². The molecule has 0 aliphatic carbocycles. The molecule has 0 fully saturated rings. The second kappa shape index (κ2) is 6.92. The third-order valence-electron chi connectivity index (χ3n) is 3.26. The van der Waals surface area contributed by atoms with Crippen LogP contribution in [0.4, 0.5) is 11.4 Å². The van der Waals surface area contributed by atoms with Gasteiger partial charge in [-0.05, 0) is 37.1 Å². The standard InChI is InChI=1S/C16H22N4O/c1-4-9-20-15(7-8-18-20)11-17-16-10-14(19-13(3)21)6-5-12(16)2/h5-8,10,17H,4,9,11H2,1-3H3,(H,19,21). The summed E-state index contributed by atoms with van der Waals surface area (Å²) >= 11 is 0. The Balaban J connectivity index is 2.08. The van der Waals surface area contributed by atoms with E-state index in [0.29, 0.717) is 6.54 Å². The number of hydrogen-bond acceptors (Lipinski definition) is 3. The van der Waals surface area contributed by atoms with Crippen LogP contribution in [0.3, 0.4) is 0 Å². The first kappa shape index (κ1) is 15.1. The number of aryl methyl sites for hydroxylation is 2. The molecule has 1 aromatic heterocycles. The molecule has 0 saturated carbocycles. The third kappa shape index (κ3) is 4.08. The first-order valence-corrected chi connectivity index (χ1v) is 7.23. The van der Waals surface area contributed by atoms with Gasteiger partial charge in [-0.2, -0.15) is 5.10 Å². The highest BCUT2D eigenvalue weighted by Crippen LogP contribution is 2.21. The number of anilines is 2. The van der Waals surface area contributed by atoms with Gasteiger partial charge in [0.1, 0.15) is 0 Å². The first-order chi connectivity index (χ1) is 10.1. The van der Waals surface area contributed by atoms with Crippen LogP contribution in [0, 0.1) is 6.92 Å². The lowest BCUT2D eigenvalue weighted by atomic mass is 10.1. The van der Waals surface area contributed by atoms with E-state index in [-0.39, 0.29) is 5.91 Å². The van der Waals surface area contributed by atoms with Crippen LogP contribution in [0.2, 0.25) is 0 Å². The topological polar surface area (TPSA) is 59.0 Å². The molecular weight excluding hydrogens is 264 g/mol. The van der Waals surface area contributed by atoms with Crippen LogP contribution in [0.5, 0.6) is 0 Å². The molecule has 0 saturated heterocycles. The molecule has 0 aliphatic heterocycles. The van der Waals surface area contributed by atoms with E-state index in [1.165, 1.54) is 6.92 Å². The molecule has 2 rings (SSSR count). The number of benzene rings is 1. The molecule has 1 heterocycles. The Morgan fingerprint density at radius 2 is 2.14 bits per heavy atom. The molecular formula is C16H22N4O. The summed E-state index contributed by atoms with van der Waals surface area (Å²) in [5.74, 6) is -0.0641. The Morgan fingerprint density at radius 1 is 1.33 bits per heavy atom. The lowest BCUT2D eigenvalue weighted by Crippen LogP contribution is -2.10. The number of carbonyl (C=O) groups is 1. The molecule has 5 heteroatoms. The zero-order valence-corrected chi connectivity index (χ0v) is 12.8. The number of rotatable bonds is 6. The average molecular weight is 286 g/mol. The van der Waals surface area contributed by atoms with Crippen molar-refractivity contribution in [1.29, 1.82) is 0 Å². The van der Waals surface area contributed by atoms with Gasteiger partial charge in [0.25, 0.3) is 0 Å². The molecule has 0 aliphatic rings. The fourth-order valence-corrected chi connectivity index (χ4v) is 2.20. The van der Waals surface area contributed by atoms with Crippen molar-refractivity contribution in [3.05, 3.63) is 41.7 Å². The normalized spacial score (nSPS) is 10.4. The van der Waals surface area contributed by atoms with E-state index in [1.807, 2.05) is 42.1 Å². The molecule has 0 radical (unpaired) electrons. The summed E-state index contributed by atoms with van der Waals surface area (Å²) in [6.45, 7) is 7.33. The van der Waals surface area contributed by atoms with Crippen LogP contribution in [-0.2, 0) is 17.9 Å². The van der Waals surface area contributed by atoms with Gasteiger partial charge in [0.05, 0.1) is 12.2 Å². The summed E-state index contributed by atoms with van der Waals surface area (Å²) in [7, 11) is 0. The summed E-state index contributed by atoms with van der Waals surface area (Å²) in [5.41, 5.74) is 4.12. The number of hydrogen-bond donors (Lipinski definition) is 2. The van der Waals surface area contributed by atoms with E-state index in [9.17, 15) is 4.79 Å². The fourth-order valence-electron chi connectivity index (χ4n) is 2.20. The van der Waals surface area contributed by atoms with Gasteiger partial charge in [-0.15, -0.1) is 0 Å². The molecule has 5 nitrogen and oxygen atoms in total. The minimum Gasteiger partial charge on any atom is -0.379 e. The summed E-state index contributed by atoms with van der Waals surface area (Å²) in [4.78, 5) is 11.1. The predicted molar refractivity (Wildman–Crippen MR) is 85.3 cm³/mol. The number of aromatic nitrogens is 2. The lowest BCUT2D eigenvalue weighted by Gasteiger charge is -2.13. The van der Waals surface area contributed by atoms with E-state index in [2.05, 4.69) is 22.7 Å². The minimum absolute atomic E-state index is 0.0641. The van der Waals surface area contributed by atoms with Gasteiger partial charge >= 0.3 is 0 Å². The van der Waals surface area contributed by atoms with Crippen molar-refractivity contribution in [2.75, 3.05) is 10.6 Å². The Kier molecular flexibility index (Phi) is 4.98. The maximum Gasteiger partial charge on any atom is 0.221 e. The number of nitrogens with zero attached hydrogens (tertiary/aromatic N) is 2. The third-order valence-corrected chi connectivity index (χ3v) is 3.26. The first-order valence-electron chi connectivity index (χ1n) is 7.23.